The lowest BCUT2D eigenvalue weighted by atomic mass is 10.1. The van der Waals surface area contributed by atoms with Gasteiger partial charge in [0.25, 0.3) is 0 Å². The Kier molecular flexibility index (Phi) is 2.36. The van der Waals surface area contributed by atoms with Crippen LogP contribution in [-0.2, 0) is 13.5 Å². The Bertz CT molecular complexity index is 814. The minimum Gasteiger partial charge on any atom is -0.384 e. The summed E-state index contributed by atoms with van der Waals surface area (Å²) in [4.78, 5) is 4.84. The Morgan fingerprint density at radius 3 is 2.95 bits per heavy atom. The Labute approximate surface area is 118 Å². The zero-order chi connectivity index (χ0) is 13.7. The molecular formula is C17H17N3. The number of benzene rings is 2. The fourth-order valence-electron chi connectivity index (χ4n) is 3.03. The summed E-state index contributed by atoms with van der Waals surface area (Å²) in [5.74, 6) is 1.03. The van der Waals surface area contributed by atoms with Gasteiger partial charge in [-0.3, -0.25) is 0 Å². The van der Waals surface area contributed by atoms with Crippen molar-refractivity contribution in [2.45, 2.75) is 13.3 Å². The molecule has 1 aromatic heterocycles. The van der Waals surface area contributed by atoms with Crippen molar-refractivity contribution in [2.75, 3.05) is 11.9 Å². The van der Waals surface area contributed by atoms with Gasteiger partial charge in [0.15, 0.2) is 0 Å². The average molecular weight is 263 g/mol. The van der Waals surface area contributed by atoms with Gasteiger partial charge in [-0.25, -0.2) is 4.98 Å². The molecule has 0 fully saturated rings. The Morgan fingerprint density at radius 1 is 1.20 bits per heavy atom. The zero-order valence-electron chi connectivity index (χ0n) is 11.8. The van der Waals surface area contributed by atoms with Gasteiger partial charge in [-0.05, 0) is 37.1 Å². The first kappa shape index (κ1) is 11.5. The van der Waals surface area contributed by atoms with Crippen molar-refractivity contribution in [1.82, 2.24) is 9.55 Å². The number of imidazole rings is 1. The maximum absolute atomic E-state index is 4.84. The molecule has 0 atom stereocenters. The first-order valence-electron chi connectivity index (χ1n) is 7.02. The maximum atomic E-state index is 4.84. The van der Waals surface area contributed by atoms with Gasteiger partial charge in [0.2, 0.25) is 0 Å². The standard InChI is InChI=1S/C17H17N3/c1-11-4-3-5-13(8-11)17-19-15-9-12-6-7-18-14(12)10-16(15)20(17)2/h3-5,8-10,18H,6-7H2,1-2H3. The van der Waals surface area contributed by atoms with Gasteiger partial charge in [0, 0.05) is 24.8 Å². The van der Waals surface area contributed by atoms with Crippen molar-refractivity contribution in [2.24, 2.45) is 7.05 Å². The number of hydrogen-bond donors (Lipinski definition) is 1. The molecule has 0 amide bonds. The predicted octanol–water partition coefficient (Wildman–Crippen LogP) is 3.52. The molecule has 2 heterocycles. The molecule has 1 aliphatic heterocycles. The van der Waals surface area contributed by atoms with E-state index >= 15 is 0 Å². The van der Waals surface area contributed by atoms with E-state index in [2.05, 4.69) is 60.3 Å². The van der Waals surface area contributed by atoms with Crippen LogP contribution in [0.15, 0.2) is 36.4 Å². The second kappa shape index (κ2) is 4.10. The Morgan fingerprint density at radius 2 is 2.10 bits per heavy atom. The third-order valence-corrected chi connectivity index (χ3v) is 4.09. The number of hydrogen-bond acceptors (Lipinski definition) is 2. The van der Waals surface area contributed by atoms with Crippen LogP contribution in [0.3, 0.4) is 0 Å². The number of nitrogens with zero attached hydrogens (tertiary/aromatic N) is 2. The summed E-state index contributed by atoms with van der Waals surface area (Å²) in [7, 11) is 2.09. The molecule has 3 aromatic rings. The topological polar surface area (TPSA) is 29.9 Å². The molecule has 0 aliphatic carbocycles. The zero-order valence-corrected chi connectivity index (χ0v) is 11.8. The van der Waals surface area contributed by atoms with E-state index in [9.17, 15) is 0 Å². The monoisotopic (exact) mass is 263 g/mol. The highest BCUT2D eigenvalue weighted by atomic mass is 15.1. The molecule has 20 heavy (non-hydrogen) atoms. The van der Waals surface area contributed by atoms with E-state index in [1.165, 1.54) is 27.9 Å². The van der Waals surface area contributed by atoms with Crippen molar-refractivity contribution in [1.29, 1.82) is 0 Å². The van der Waals surface area contributed by atoms with Gasteiger partial charge < -0.3 is 9.88 Å². The summed E-state index contributed by atoms with van der Waals surface area (Å²) in [5.41, 5.74) is 7.36. The summed E-state index contributed by atoms with van der Waals surface area (Å²) >= 11 is 0. The molecule has 1 aliphatic rings. The molecule has 3 nitrogen and oxygen atoms in total. The van der Waals surface area contributed by atoms with Crippen LogP contribution in [0, 0.1) is 6.92 Å². The van der Waals surface area contributed by atoms with Crippen LogP contribution >= 0.6 is 0 Å². The number of nitrogens with one attached hydrogen (secondary N) is 1. The molecule has 2 aromatic carbocycles. The molecule has 0 spiro atoms. The Hall–Kier alpha value is -2.29. The molecule has 1 N–H and O–H groups in total. The highest BCUT2D eigenvalue weighted by Gasteiger charge is 2.16. The van der Waals surface area contributed by atoms with Crippen LogP contribution in [0.5, 0.6) is 0 Å². The van der Waals surface area contributed by atoms with E-state index in [0.717, 1.165) is 24.3 Å². The van der Waals surface area contributed by atoms with Crippen molar-refractivity contribution >= 4 is 16.7 Å². The van der Waals surface area contributed by atoms with Crippen molar-refractivity contribution in [3.63, 3.8) is 0 Å². The van der Waals surface area contributed by atoms with Crippen molar-refractivity contribution < 1.29 is 0 Å². The van der Waals surface area contributed by atoms with Crippen LogP contribution in [0.2, 0.25) is 0 Å². The fraction of sp³-hybridized carbons (Fsp3) is 0.235. The van der Waals surface area contributed by atoms with Gasteiger partial charge in [-0.2, -0.15) is 0 Å². The summed E-state index contributed by atoms with van der Waals surface area (Å²) in [5, 5.41) is 3.44. The van der Waals surface area contributed by atoms with Crippen LogP contribution in [0.4, 0.5) is 5.69 Å². The second-order valence-corrected chi connectivity index (χ2v) is 5.54. The largest absolute Gasteiger partial charge is 0.384 e. The molecule has 100 valence electrons. The molecule has 3 heteroatoms. The lowest BCUT2D eigenvalue weighted by Crippen LogP contribution is -1.94. The van der Waals surface area contributed by atoms with Gasteiger partial charge in [-0.1, -0.05) is 23.8 Å². The third-order valence-electron chi connectivity index (χ3n) is 4.09. The minimum atomic E-state index is 1.03. The average Bonchev–Trinajstić information content (AvgIpc) is 3.01. The van der Waals surface area contributed by atoms with Crippen LogP contribution in [0.25, 0.3) is 22.4 Å². The molecule has 0 unspecified atom stereocenters. The number of fused-ring (bicyclic) bond motifs is 2. The molecule has 0 saturated heterocycles. The van der Waals surface area contributed by atoms with E-state index in [1.54, 1.807) is 0 Å². The van der Waals surface area contributed by atoms with Crippen LogP contribution < -0.4 is 5.32 Å². The van der Waals surface area contributed by atoms with E-state index in [-0.39, 0.29) is 0 Å². The normalized spacial score (nSPS) is 13.5. The molecule has 0 radical (unpaired) electrons. The quantitative estimate of drug-likeness (QED) is 0.728. The summed E-state index contributed by atoms with van der Waals surface area (Å²) < 4.78 is 2.18. The van der Waals surface area contributed by atoms with Gasteiger partial charge in [-0.15, -0.1) is 0 Å². The minimum absolute atomic E-state index is 1.03. The van der Waals surface area contributed by atoms with E-state index in [0.29, 0.717) is 0 Å². The van der Waals surface area contributed by atoms with Crippen molar-refractivity contribution in [3.8, 4) is 11.4 Å². The molecule has 0 bridgehead atoms. The number of aryl methyl sites for hydroxylation is 2. The summed E-state index contributed by atoms with van der Waals surface area (Å²) in [6.07, 6.45) is 1.10. The van der Waals surface area contributed by atoms with Gasteiger partial charge in [0.1, 0.15) is 5.82 Å². The highest BCUT2D eigenvalue weighted by molar-refractivity contribution is 5.86. The lowest BCUT2D eigenvalue weighted by Gasteiger charge is -2.04. The van der Waals surface area contributed by atoms with Crippen LogP contribution in [-0.4, -0.2) is 16.1 Å². The molecule has 4 rings (SSSR count). The van der Waals surface area contributed by atoms with Crippen LogP contribution in [0.1, 0.15) is 11.1 Å². The Balaban J connectivity index is 1.95. The second-order valence-electron chi connectivity index (χ2n) is 5.54. The summed E-state index contributed by atoms with van der Waals surface area (Å²) in [6.45, 7) is 3.15. The van der Waals surface area contributed by atoms with E-state index < -0.39 is 0 Å². The molecular weight excluding hydrogens is 246 g/mol. The first-order valence-corrected chi connectivity index (χ1v) is 7.02. The van der Waals surface area contributed by atoms with Gasteiger partial charge in [0.05, 0.1) is 11.0 Å². The third kappa shape index (κ3) is 1.63. The van der Waals surface area contributed by atoms with E-state index in [4.69, 9.17) is 4.98 Å². The number of anilines is 1. The molecule has 0 saturated carbocycles. The fourth-order valence-corrected chi connectivity index (χ4v) is 3.03. The SMILES string of the molecule is Cc1cccc(-c2nc3cc4c(cc3n2C)NCC4)c1. The predicted molar refractivity (Wildman–Crippen MR) is 83.1 cm³/mol. The maximum Gasteiger partial charge on any atom is 0.140 e. The highest BCUT2D eigenvalue weighted by Crippen LogP contribution is 2.30. The van der Waals surface area contributed by atoms with E-state index in [1.807, 2.05) is 0 Å². The number of rotatable bonds is 1. The summed E-state index contributed by atoms with van der Waals surface area (Å²) in [6, 6.07) is 13.0. The number of aromatic nitrogens is 2. The lowest BCUT2D eigenvalue weighted by molar-refractivity contribution is 0.959. The van der Waals surface area contributed by atoms with Gasteiger partial charge >= 0.3 is 0 Å². The smallest absolute Gasteiger partial charge is 0.140 e. The first-order chi connectivity index (χ1) is 9.72. The van der Waals surface area contributed by atoms with Crippen molar-refractivity contribution in [3.05, 3.63) is 47.5 Å².